The number of nitrogens with two attached hydrogens (primary N) is 1. The monoisotopic (exact) mass is 195 g/mol. The molecule has 0 aliphatic carbocycles. The molecular weight excluding hydrogens is 182 g/mol. The maximum absolute atomic E-state index is 10.5. The van der Waals surface area contributed by atoms with Gasteiger partial charge in [-0.3, -0.25) is 4.79 Å². The van der Waals surface area contributed by atoms with Crippen LogP contribution in [-0.2, 0) is 11.2 Å². The molecular formula is C10H13NO3. The number of aryl methyl sites for hydroxylation is 1. The zero-order valence-corrected chi connectivity index (χ0v) is 8.20. The quantitative estimate of drug-likeness (QED) is 0.711. The van der Waals surface area contributed by atoms with Gasteiger partial charge in [0, 0.05) is 0 Å². The number of nitrogen functional groups attached to an aromatic ring is 1. The summed E-state index contributed by atoms with van der Waals surface area (Å²) in [4.78, 5) is 10.5. The molecule has 0 aliphatic heterocycles. The highest BCUT2D eigenvalue weighted by atomic mass is 16.5. The van der Waals surface area contributed by atoms with Gasteiger partial charge in [-0.2, -0.15) is 0 Å². The van der Waals surface area contributed by atoms with Crippen molar-refractivity contribution in [3.8, 4) is 5.75 Å². The second-order valence-electron chi connectivity index (χ2n) is 3.09. The number of rotatable bonds is 3. The molecule has 0 bridgehead atoms. The standard InChI is InChI=1S/C10H13NO3/c1-6-3-8(11)9(14-2)4-7(6)5-10(12)13/h3-4H,5,11H2,1-2H3,(H,12,13). The highest BCUT2D eigenvalue weighted by Gasteiger charge is 2.08. The molecule has 0 saturated carbocycles. The number of hydrogen-bond donors (Lipinski definition) is 2. The van der Waals surface area contributed by atoms with Crippen molar-refractivity contribution < 1.29 is 14.6 Å². The van der Waals surface area contributed by atoms with E-state index in [1.165, 1.54) is 7.11 Å². The van der Waals surface area contributed by atoms with Gasteiger partial charge in [-0.05, 0) is 30.2 Å². The number of aliphatic carboxylic acids is 1. The summed E-state index contributed by atoms with van der Waals surface area (Å²) >= 11 is 0. The molecule has 0 atom stereocenters. The molecule has 0 fully saturated rings. The first kappa shape index (κ1) is 10.4. The predicted octanol–water partition coefficient (Wildman–Crippen LogP) is 1.21. The molecule has 1 aromatic rings. The van der Waals surface area contributed by atoms with Crippen LogP contribution in [0.1, 0.15) is 11.1 Å². The van der Waals surface area contributed by atoms with E-state index in [0.717, 1.165) is 11.1 Å². The van der Waals surface area contributed by atoms with E-state index >= 15 is 0 Å². The van der Waals surface area contributed by atoms with Crippen LogP contribution in [0.5, 0.6) is 5.75 Å². The predicted molar refractivity (Wildman–Crippen MR) is 53.5 cm³/mol. The average molecular weight is 195 g/mol. The zero-order chi connectivity index (χ0) is 10.7. The average Bonchev–Trinajstić information content (AvgIpc) is 2.09. The molecule has 0 saturated heterocycles. The van der Waals surface area contributed by atoms with E-state index in [1.54, 1.807) is 12.1 Å². The smallest absolute Gasteiger partial charge is 0.307 e. The van der Waals surface area contributed by atoms with Crippen molar-refractivity contribution >= 4 is 11.7 Å². The summed E-state index contributed by atoms with van der Waals surface area (Å²) < 4.78 is 5.00. The van der Waals surface area contributed by atoms with E-state index in [9.17, 15) is 4.79 Å². The van der Waals surface area contributed by atoms with Crippen LogP contribution in [0.2, 0.25) is 0 Å². The first-order valence-corrected chi connectivity index (χ1v) is 4.19. The summed E-state index contributed by atoms with van der Waals surface area (Å²) in [6, 6.07) is 3.38. The maximum Gasteiger partial charge on any atom is 0.307 e. The van der Waals surface area contributed by atoms with Crippen molar-refractivity contribution in [1.29, 1.82) is 0 Å². The van der Waals surface area contributed by atoms with E-state index < -0.39 is 5.97 Å². The zero-order valence-electron chi connectivity index (χ0n) is 8.20. The van der Waals surface area contributed by atoms with Crippen molar-refractivity contribution in [2.24, 2.45) is 0 Å². The Hall–Kier alpha value is -1.71. The Morgan fingerprint density at radius 3 is 2.71 bits per heavy atom. The minimum atomic E-state index is -0.861. The third kappa shape index (κ3) is 2.16. The van der Waals surface area contributed by atoms with Gasteiger partial charge in [0.1, 0.15) is 5.75 Å². The Balaban J connectivity index is 3.10. The van der Waals surface area contributed by atoms with Crippen LogP contribution in [0.25, 0.3) is 0 Å². The maximum atomic E-state index is 10.5. The molecule has 4 nitrogen and oxygen atoms in total. The minimum absolute atomic E-state index is 0.0114. The summed E-state index contributed by atoms with van der Waals surface area (Å²) in [5.41, 5.74) is 7.78. The van der Waals surface area contributed by atoms with Crippen molar-refractivity contribution in [2.45, 2.75) is 13.3 Å². The van der Waals surface area contributed by atoms with Crippen LogP contribution < -0.4 is 10.5 Å². The number of carboxylic acid groups (broad SMARTS) is 1. The van der Waals surface area contributed by atoms with Crippen molar-refractivity contribution in [3.05, 3.63) is 23.3 Å². The molecule has 0 heterocycles. The molecule has 1 aromatic carbocycles. The number of carbonyl (C=O) groups is 1. The molecule has 14 heavy (non-hydrogen) atoms. The van der Waals surface area contributed by atoms with Crippen molar-refractivity contribution in [2.75, 3.05) is 12.8 Å². The summed E-state index contributed by atoms with van der Waals surface area (Å²) in [5, 5.41) is 8.65. The van der Waals surface area contributed by atoms with Gasteiger partial charge in [-0.15, -0.1) is 0 Å². The lowest BCUT2D eigenvalue weighted by Gasteiger charge is -2.09. The Bertz CT molecular complexity index is 361. The highest BCUT2D eigenvalue weighted by Crippen LogP contribution is 2.25. The lowest BCUT2D eigenvalue weighted by Crippen LogP contribution is -2.03. The molecule has 4 heteroatoms. The normalized spacial score (nSPS) is 9.86. The van der Waals surface area contributed by atoms with Gasteiger partial charge in [-0.25, -0.2) is 0 Å². The SMILES string of the molecule is COc1cc(CC(=O)O)c(C)cc1N. The van der Waals surface area contributed by atoms with Crippen LogP contribution in [0, 0.1) is 6.92 Å². The van der Waals surface area contributed by atoms with Crippen LogP contribution in [0.4, 0.5) is 5.69 Å². The third-order valence-electron chi connectivity index (χ3n) is 2.03. The molecule has 0 amide bonds. The number of hydrogen-bond acceptors (Lipinski definition) is 3. The highest BCUT2D eigenvalue weighted by molar-refractivity contribution is 5.72. The number of methoxy groups -OCH3 is 1. The number of ether oxygens (including phenoxy) is 1. The molecule has 0 aliphatic rings. The van der Waals surface area contributed by atoms with Crippen molar-refractivity contribution in [3.63, 3.8) is 0 Å². The van der Waals surface area contributed by atoms with Gasteiger partial charge in [-0.1, -0.05) is 0 Å². The largest absolute Gasteiger partial charge is 0.495 e. The first-order chi connectivity index (χ1) is 6.54. The topological polar surface area (TPSA) is 72.5 Å². The fraction of sp³-hybridized carbons (Fsp3) is 0.300. The lowest BCUT2D eigenvalue weighted by molar-refractivity contribution is -0.136. The van der Waals surface area contributed by atoms with Crippen LogP contribution in [0.15, 0.2) is 12.1 Å². The van der Waals surface area contributed by atoms with Crippen LogP contribution in [0.3, 0.4) is 0 Å². The fourth-order valence-corrected chi connectivity index (χ4v) is 1.28. The van der Waals surface area contributed by atoms with Crippen LogP contribution >= 0.6 is 0 Å². The van der Waals surface area contributed by atoms with Crippen LogP contribution in [-0.4, -0.2) is 18.2 Å². The Morgan fingerprint density at radius 1 is 1.57 bits per heavy atom. The Morgan fingerprint density at radius 2 is 2.21 bits per heavy atom. The van der Waals surface area contributed by atoms with E-state index in [1.807, 2.05) is 6.92 Å². The van der Waals surface area contributed by atoms with Gasteiger partial charge in [0.15, 0.2) is 0 Å². The third-order valence-corrected chi connectivity index (χ3v) is 2.03. The van der Waals surface area contributed by atoms with Gasteiger partial charge in [0.2, 0.25) is 0 Å². The molecule has 0 unspecified atom stereocenters. The second kappa shape index (κ2) is 4.00. The number of carboxylic acids is 1. The summed E-state index contributed by atoms with van der Waals surface area (Å²) in [5.74, 6) is -0.341. The summed E-state index contributed by atoms with van der Waals surface area (Å²) in [7, 11) is 1.51. The molecule has 76 valence electrons. The van der Waals surface area contributed by atoms with E-state index in [2.05, 4.69) is 0 Å². The minimum Gasteiger partial charge on any atom is -0.495 e. The second-order valence-corrected chi connectivity index (χ2v) is 3.09. The number of benzene rings is 1. The van der Waals surface area contributed by atoms with E-state index in [0.29, 0.717) is 11.4 Å². The van der Waals surface area contributed by atoms with E-state index in [-0.39, 0.29) is 6.42 Å². The number of anilines is 1. The fourth-order valence-electron chi connectivity index (χ4n) is 1.28. The van der Waals surface area contributed by atoms with Gasteiger partial charge < -0.3 is 15.6 Å². The molecule has 3 N–H and O–H groups in total. The molecule has 0 radical (unpaired) electrons. The van der Waals surface area contributed by atoms with Gasteiger partial charge in [0.05, 0.1) is 19.2 Å². The molecule has 0 aromatic heterocycles. The molecule has 1 rings (SSSR count). The first-order valence-electron chi connectivity index (χ1n) is 4.19. The van der Waals surface area contributed by atoms with Crippen molar-refractivity contribution in [1.82, 2.24) is 0 Å². The summed E-state index contributed by atoms with van der Waals surface area (Å²) in [6.45, 7) is 1.83. The lowest BCUT2D eigenvalue weighted by atomic mass is 10.0. The summed E-state index contributed by atoms with van der Waals surface area (Å²) in [6.07, 6.45) is -0.0114. The Labute approximate surface area is 82.3 Å². The van der Waals surface area contributed by atoms with E-state index in [4.69, 9.17) is 15.6 Å². The Kier molecular flexibility index (Phi) is 2.96. The molecule has 0 spiro atoms. The van der Waals surface area contributed by atoms with Gasteiger partial charge in [0.25, 0.3) is 0 Å². The van der Waals surface area contributed by atoms with Gasteiger partial charge >= 0.3 is 5.97 Å².